The number of carbonyl (C=O) groups is 1. The number of ether oxygens (including phenoxy) is 2. The minimum atomic E-state index is -0.335. The number of nitrogens with one attached hydrogen (secondary N) is 1. The predicted octanol–water partition coefficient (Wildman–Crippen LogP) is 1.84. The molecule has 0 bridgehead atoms. The van der Waals surface area contributed by atoms with E-state index in [1.807, 2.05) is 0 Å². The summed E-state index contributed by atoms with van der Waals surface area (Å²) in [5, 5.41) is 3.26. The van der Waals surface area contributed by atoms with Crippen LogP contribution in [0.5, 0.6) is 0 Å². The largest absolute Gasteiger partial charge is 0.463 e. The van der Waals surface area contributed by atoms with Crippen LogP contribution in [0.4, 0.5) is 0 Å². The molecule has 4 heteroatoms. The highest BCUT2D eigenvalue weighted by molar-refractivity contribution is 5.78. The van der Waals surface area contributed by atoms with Gasteiger partial charge in [0.15, 0.2) is 0 Å². The third kappa shape index (κ3) is 3.95. The summed E-state index contributed by atoms with van der Waals surface area (Å²) in [5.74, 6) is 0.744. The van der Waals surface area contributed by atoms with Crippen molar-refractivity contribution in [1.82, 2.24) is 5.32 Å². The molecule has 0 aliphatic carbocycles. The molecule has 1 atom stereocenters. The summed E-state index contributed by atoms with van der Waals surface area (Å²) in [4.78, 5) is 12.2. The first kappa shape index (κ1) is 15.4. The van der Waals surface area contributed by atoms with Gasteiger partial charge in [-0.3, -0.25) is 4.79 Å². The molecule has 0 aromatic rings. The van der Waals surface area contributed by atoms with Crippen molar-refractivity contribution in [2.75, 3.05) is 32.9 Å². The number of rotatable bonds is 7. The van der Waals surface area contributed by atoms with Crippen molar-refractivity contribution in [3.63, 3.8) is 0 Å². The van der Waals surface area contributed by atoms with Gasteiger partial charge in [-0.1, -0.05) is 27.7 Å². The van der Waals surface area contributed by atoms with E-state index in [2.05, 4.69) is 33.0 Å². The molecule has 0 aromatic carbocycles. The van der Waals surface area contributed by atoms with E-state index in [-0.39, 0.29) is 11.4 Å². The maximum absolute atomic E-state index is 12.2. The van der Waals surface area contributed by atoms with E-state index >= 15 is 0 Å². The van der Waals surface area contributed by atoms with Crippen molar-refractivity contribution in [3.8, 4) is 0 Å². The molecule has 0 spiro atoms. The molecule has 0 saturated carbocycles. The fourth-order valence-corrected chi connectivity index (χ4v) is 2.27. The molecule has 1 rings (SSSR count). The lowest BCUT2D eigenvalue weighted by Crippen LogP contribution is -2.40. The smallest absolute Gasteiger partial charge is 0.313 e. The highest BCUT2D eigenvalue weighted by Crippen LogP contribution is 2.35. The van der Waals surface area contributed by atoms with Gasteiger partial charge >= 0.3 is 5.97 Å². The molecule has 1 N–H and O–H groups in total. The van der Waals surface area contributed by atoms with E-state index < -0.39 is 0 Å². The van der Waals surface area contributed by atoms with Crippen molar-refractivity contribution in [2.45, 2.75) is 34.1 Å². The maximum atomic E-state index is 12.2. The zero-order chi connectivity index (χ0) is 13.6. The summed E-state index contributed by atoms with van der Waals surface area (Å²) in [6.45, 7) is 11.6. The molecule has 0 amide bonds. The van der Waals surface area contributed by atoms with E-state index in [0.717, 1.165) is 19.5 Å². The Morgan fingerprint density at radius 2 is 2.00 bits per heavy atom. The van der Waals surface area contributed by atoms with Crippen LogP contribution in [-0.2, 0) is 14.3 Å². The van der Waals surface area contributed by atoms with E-state index in [1.54, 1.807) is 0 Å². The van der Waals surface area contributed by atoms with Gasteiger partial charge in [0.05, 0.1) is 12.0 Å². The average molecular weight is 257 g/mol. The quantitative estimate of drug-likeness (QED) is 0.558. The Kier molecular flexibility index (Phi) is 6.09. The summed E-state index contributed by atoms with van der Waals surface area (Å²) in [6.07, 6.45) is 0.871. The summed E-state index contributed by atoms with van der Waals surface area (Å²) >= 11 is 0. The molecule has 1 saturated heterocycles. The molecule has 1 fully saturated rings. The Morgan fingerprint density at radius 1 is 1.28 bits per heavy atom. The van der Waals surface area contributed by atoms with Crippen LogP contribution in [0, 0.1) is 17.3 Å². The molecule has 0 aromatic heterocycles. The van der Waals surface area contributed by atoms with E-state index in [0.29, 0.717) is 31.7 Å². The highest BCUT2D eigenvalue weighted by atomic mass is 16.6. The summed E-state index contributed by atoms with van der Waals surface area (Å²) in [5.41, 5.74) is -0.335. The second-order valence-corrected chi connectivity index (χ2v) is 5.84. The first-order valence-corrected chi connectivity index (χ1v) is 6.94. The van der Waals surface area contributed by atoms with Crippen LogP contribution >= 0.6 is 0 Å². The van der Waals surface area contributed by atoms with Gasteiger partial charge in [0, 0.05) is 13.2 Å². The van der Waals surface area contributed by atoms with E-state index in [4.69, 9.17) is 9.47 Å². The van der Waals surface area contributed by atoms with Crippen LogP contribution in [0.1, 0.15) is 34.1 Å². The Balaban J connectivity index is 2.30. The fraction of sp³-hybridized carbons (Fsp3) is 0.929. The lowest BCUT2D eigenvalue weighted by atomic mass is 9.76. The van der Waals surface area contributed by atoms with Crippen molar-refractivity contribution in [3.05, 3.63) is 0 Å². The molecule has 1 heterocycles. The van der Waals surface area contributed by atoms with Crippen LogP contribution in [0.15, 0.2) is 0 Å². The van der Waals surface area contributed by atoms with Crippen molar-refractivity contribution >= 4 is 5.97 Å². The zero-order valence-electron chi connectivity index (χ0n) is 12.1. The monoisotopic (exact) mass is 257 g/mol. The van der Waals surface area contributed by atoms with Crippen molar-refractivity contribution in [1.29, 1.82) is 0 Å². The zero-order valence-corrected chi connectivity index (χ0v) is 12.1. The van der Waals surface area contributed by atoms with Gasteiger partial charge < -0.3 is 14.8 Å². The molecule has 4 nitrogen and oxygen atoms in total. The van der Waals surface area contributed by atoms with E-state index in [1.165, 1.54) is 0 Å². The number of hydrogen-bond acceptors (Lipinski definition) is 4. The van der Waals surface area contributed by atoms with Gasteiger partial charge in [0.1, 0.15) is 6.61 Å². The van der Waals surface area contributed by atoms with Crippen LogP contribution < -0.4 is 5.32 Å². The number of esters is 1. The van der Waals surface area contributed by atoms with Crippen LogP contribution in [0.2, 0.25) is 0 Å². The van der Waals surface area contributed by atoms with E-state index in [9.17, 15) is 4.79 Å². The second kappa shape index (κ2) is 7.10. The minimum absolute atomic E-state index is 0.0735. The molecule has 1 aliphatic heterocycles. The SMILES string of the molecule is CC(C)COCCOC(=O)C1(C(C)C)CCNC1. The summed E-state index contributed by atoms with van der Waals surface area (Å²) in [7, 11) is 0. The lowest BCUT2D eigenvalue weighted by molar-refractivity contribution is -0.159. The molecule has 0 radical (unpaired) electrons. The number of carbonyl (C=O) groups excluding carboxylic acids is 1. The molecule has 106 valence electrons. The average Bonchev–Trinajstić information content (AvgIpc) is 2.78. The topological polar surface area (TPSA) is 47.6 Å². The van der Waals surface area contributed by atoms with Crippen LogP contribution in [-0.4, -0.2) is 38.9 Å². The minimum Gasteiger partial charge on any atom is -0.463 e. The normalized spacial score (nSPS) is 23.9. The van der Waals surface area contributed by atoms with Crippen molar-refractivity contribution < 1.29 is 14.3 Å². The molecule has 1 unspecified atom stereocenters. The van der Waals surface area contributed by atoms with Gasteiger partial charge in [-0.25, -0.2) is 0 Å². The first-order chi connectivity index (χ1) is 8.49. The highest BCUT2D eigenvalue weighted by Gasteiger charge is 2.45. The Morgan fingerprint density at radius 3 is 2.50 bits per heavy atom. The predicted molar refractivity (Wildman–Crippen MR) is 71.4 cm³/mol. The summed E-state index contributed by atoms with van der Waals surface area (Å²) in [6, 6.07) is 0. The third-order valence-electron chi connectivity index (χ3n) is 3.61. The fourth-order valence-electron chi connectivity index (χ4n) is 2.27. The van der Waals surface area contributed by atoms with Gasteiger partial charge in [-0.15, -0.1) is 0 Å². The molecular formula is C14H27NO3. The third-order valence-corrected chi connectivity index (χ3v) is 3.61. The van der Waals surface area contributed by atoms with Crippen LogP contribution in [0.25, 0.3) is 0 Å². The summed E-state index contributed by atoms with van der Waals surface area (Å²) < 4.78 is 10.8. The molecular weight excluding hydrogens is 230 g/mol. The second-order valence-electron chi connectivity index (χ2n) is 5.84. The van der Waals surface area contributed by atoms with Crippen LogP contribution in [0.3, 0.4) is 0 Å². The Bertz CT molecular complexity index is 258. The van der Waals surface area contributed by atoms with Gasteiger partial charge in [0.2, 0.25) is 0 Å². The standard InChI is InChI=1S/C14H27NO3/c1-11(2)9-17-7-8-18-13(16)14(12(3)4)5-6-15-10-14/h11-12,15H,5-10H2,1-4H3. The maximum Gasteiger partial charge on any atom is 0.313 e. The number of hydrogen-bond donors (Lipinski definition) is 1. The van der Waals surface area contributed by atoms with Gasteiger partial charge in [0.25, 0.3) is 0 Å². The van der Waals surface area contributed by atoms with Gasteiger partial charge in [-0.2, -0.15) is 0 Å². The first-order valence-electron chi connectivity index (χ1n) is 6.94. The molecule has 1 aliphatic rings. The Labute approximate surface area is 110 Å². The lowest BCUT2D eigenvalue weighted by Gasteiger charge is -2.29. The van der Waals surface area contributed by atoms with Crippen molar-refractivity contribution in [2.24, 2.45) is 17.3 Å². The Hall–Kier alpha value is -0.610. The van der Waals surface area contributed by atoms with Gasteiger partial charge in [-0.05, 0) is 24.8 Å². The molecule has 18 heavy (non-hydrogen) atoms.